The van der Waals surface area contributed by atoms with E-state index in [2.05, 4.69) is 56.9 Å². The molecule has 1 unspecified atom stereocenters. The second-order valence-corrected chi connectivity index (χ2v) is 8.32. The molecule has 2 aromatic rings. The van der Waals surface area contributed by atoms with Gasteiger partial charge in [0.25, 0.3) is 0 Å². The summed E-state index contributed by atoms with van der Waals surface area (Å²) in [5, 5.41) is 7.50. The van der Waals surface area contributed by atoms with E-state index in [-0.39, 0.29) is 12.0 Å². The maximum Gasteiger partial charge on any atom is 0.350 e. The Morgan fingerprint density at radius 3 is 2.61 bits per heavy atom. The second-order valence-electron chi connectivity index (χ2n) is 7.29. The largest absolute Gasteiger partial charge is 0.462 e. The summed E-state index contributed by atoms with van der Waals surface area (Å²) in [6.07, 6.45) is 4.38. The van der Waals surface area contributed by atoms with Gasteiger partial charge in [-0.25, -0.2) is 14.8 Å². The van der Waals surface area contributed by atoms with Crippen LogP contribution in [0.15, 0.2) is 41.4 Å². The number of carbonyl (C=O) groups is 1. The Kier molecular flexibility index (Phi) is 8.06. The fourth-order valence-corrected chi connectivity index (χ4v) is 4.21. The first-order valence-corrected chi connectivity index (χ1v) is 11.5. The van der Waals surface area contributed by atoms with Crippen LogP contribution in [0.3, 0.4) is 0 Å². The number of aryl methyl sites for hydroxylation is 1. The zero-order valence-electron chi connectivity index (χ0n) is 18.6. The Hall–Kier alpha value is -2.87. The van der Waals surface area contributed by atoms with Gasteiger partial charge in [0.2, 0.25) is 0 Å². The fraction of sp³-hybridized carbons (Fsp3) is 0.435. The summed E-state index contributed by atoms with van der Waals surface area (Å²) in [6, 6.07) is 8.46. The number of thiazole rings is 1. The Bertz CT molecular complexity index is 928. The molecule has 0 saturated carbocycles. The van der Waals surface area contributed by atoms with Crippen LogP contribution < -0.4 is 15.5 Å². The highest BCUT2D eigenvalue weighted by atomic mass is 32.1. The molecule has 31 heavy (non-hydrogen) atoms. The van der Waals surface area contributed by atoms with Crippen LogP contribution in [0.2, 0.25) is 0 Å². The summed E-state index contributed by atoms with van der Waals surface area (Å²) in [4.78, 5) is 24.2. The van der Waals surface area contributed by atoms with Crippen molar-refractivity contribution in [3.8, 4) is 0 Å². The minimum absolute atomic E-state index is 0.0882. The van der Waals surface area contributed by atoms with E-state index in [4.69, 9.17) is 9.73 Å². The molecule has 0 amide bonds. The highest BCUT2D eigenvalue weighted by molar-refractivity contribution is 7.13. The number of anilines is 1. The van der Waals surface area contributed by atoms with Crippen LogP contribution >= 0.6 is 11.3 Å². The zero-order chi connectivity index (χ0) is 22.2. The Labute approximate surface area is 188 Å². The highest BCUT2D eigenvalue weighted by Gasteiger charge is 2.20. The van der Waals surface area contributed by atoms with Crippen molar-refractivity contribution in [2.45, 2.75) is 40.3 Å². The van der Waals surface area contributed by atoms with Gasteiger partial charge in [0.05, 0.1) is 24.9 Å². The maximum atomic E-state index is 12.1. The predicted octanol–water partition coefficient (Wildman–Crippen LogP) is 3.82. The van der Waals surface area contributed by atoms with E-state index in [1.807, 2.05) is 20.8 Å². The molecule has 0 bridgehead atoms. The number of rotatable bonds is 8. The number of esters is 1. The lowest BCUT2D eigenvalue weighted by Crippen LogP contribution is -2.38. The molecule has 2 heterocycles. The van der Waals surface area contributed by atoms with Crippen LogP contribution in [-0.4, -0.2) is 43.2 Å². The van der Waals surface area contributed by atoms with Gasteiger partial charge in [-0.3, -0.25) is 0 Å². The van der Waals surface area contributed by atoms with Gasteiger partial charge in [0.1, 0.15) is 9.88 Å². The molecule has 8 heteroatoms. The monoisotopic (exact) mass is 441 g/mol. The van der Waals surface area contributed by atoms with Crippen molar-refractivity contribution in [3.63, 3.8) is 0 Å². The number of hydrogen-bond acceptors (Lipinski definition) is 6. The molecule has 1 atom stereocenters. The van der Waals surface area contributed by atoms with Crippen molar-refractivity contribution in [2.24, 2.45) is 4.99 Å². The quantitative estimate of drug-likeness (QED) is 0.281. The molecule has 0 saturated heterocycles. The molecule has 0 radical (unpaired) electrons. The standard InChI is InChI=1S/C23H31N5O2S/c1-5-24-23(25-15-18-9-11-19(12-10-18)28-13-7-8-14-28)27-17(4)21-26-16(3)20(31-21)22(29)30-6-2/h7-12,17H,5-6,13-15H2,1-4H3,(H2,24,25,27). The van der Waals surface area contributed by atoms with Gasteiger partial charge in [0.15, 0.2) is 5.96 Å². The highest BCUT2D eigenvalue weighted by Crippen LogP contribution is 2.24. The Morgan fingerprint density at radius 1 is 1.26 bits per heavy atom. The lowest BCUT2D eigenvalue weighted by Gasteiger charge is -2.18. The van der Waals surface area contributed by atoms with Crippen LogP contribution in [0.1, 0.15) is 52.7 Å². The number of ether oxygens (including phenoxy) is 1. The molecule has 0 aliphatic carbocycles. The first-order valence-electron chi connectivity index (χ1n) is 10.7. The molecule has 0 spiro atoms. The summed E-state index contributed by atoms with van der Waals surface area (Å²) >= 11 is 1.36. The Morgan fingerprint density at radius 2 is 1.97 bits per heavy atom. The van der Waals surface area contributed by atoms with Crippen LogP contribution in [0, 0.1) is 6.92 Å². The third kappa shape index (κ3) is 6.07. The number of benzene rings is 1. The van der Waals surface area contributed by atoms with Crippen molar-refractivity contribution in [3.05, 3.63) is 57.6 Å². The third-order valence-corrected chi connectivity index (χ3v) is 6.20. The first kappa shape index (κ1) is 22.8. The van der Waals surface area contributed by atoms with E-state index in [1.165, 1.54) is 17.0 Å². The molecule has 0 fully saturated rings. The first-order chi connectivity index (χ1) is 15.0. The van der Waals surface area contributed by atoms with Gasteiger partial charge in [-0.2, -0.15) is 0 Å². The van der Waals surface area contributed by atoms with E-state index >= 15 is 0 Å². The number of aliphatic imine (C=N–C) groups is 1. The van der Waals surface area contributed by atoms with Crippen molar-refractivity contribution >= 4 is 29.0 Å². The summed E-state index contributed by atoms with van der Waals surface area (Å²) in [6.45, 7) is 11.3. The van der Waals surface area contributed by atoms with Crippen molar-refractivity contribution < 1.29 is 9.53 Å². The van der Waals surface area contributed by atoms with Crippen molar-refractivity contribution in [2.75, 3.05) is 31.1 Å². The SMILES string of the molecule is CCNC(=NCc1ccc(N2CC=CC2)cc1)NC(C)c1nc(C)c(C(=O)OCC)s1. The van der Waals surface area contributed by atoms with Crippen LogP contribution in [0.4, 0.5) is 5.69 Å². The smallest absolute Gasteiger partial charge is 0.350 e. The Balaban J connectivity index is 1.64. The number of carbonyl (C=O) groups excluding carboxylic acids is 1. The van der Waals surface area contributed by atoms with E-state index in [0.29, 0.717) is 29.7 Å². The minimum atomic E-state index is -0.315. The van der Waals surface area contributed by atoms with E-state index < -0.39 is 0 Å². The number of hydrogen-bond donors (Lipinski definition) is 2. The minimum Gasteiger partial charge on any atom is -0.462 e. The molecule has 3 rings (SSSR count). The van der Waals surface area contributed by atoms with Crippen molar-refractivity contribution in [1.29, 1.82) is 0 Å². The van der Waals surface area contributed by atoms with Gasteiger partial charge < -0.3 is 20.3 Å². The number of guanidine groups is 1. The summed E-state index contributed by atoms with van der Waals surface area (Å²) in [7, 11) is 0. The van der Waals surface area contributed by atoms with Crippen LogP contribution in [0.5, 0.6) is 0 Å². The lowest BCUT2D eigenvalue weighted by molar-refractivity contribution is 0.0531. The molecule has 1 aliphatic rings. The fourth-order valence-electron chi connectivity index (χ4n) is 3.25. The van der Waals surface area contributed by atoms with Crippen LogP contribution in [-0.2, 0) is 11.3 Å². The number of nitrogens with one attached hydrogen (secondary N) is 2. The maximum absolute atomic E-state index is 12.1. The average Bonchev–Trinajstić information content (AvgIpc) is 3.43. The topological polar surface area (TPSA) is 78.9 Å². The molecule has 7 nitrogen and oxygen atoms in total. The van der Waals surface area contributed by atoms with Gasteiger partial charge >= 0.3 is 5.97 Å². The molecule has 1 aromatic carbocycles. The van der Waals surface area contributed by atoms with Gasteiger partial charge in [0, 0.05) is 25.3 Å². The van der Waals surface area contributed by atoms with Crippen LogP contribution in [0.25, 0.3) is 0 Å². The number of nitrogens with zero attached hydrogens (tertiary/aromatic N) is 3. The molecule has 166 valence electrons. The summed E-state index contributed by atoms with van der Waals surface area (Å²) in [5.41, 5.74) is 3.07. The van der Waals surface area contributed by atoms with Gasteiger partial charge in [-0.05, 0) is 45.4 Å². The van der Waals surface area contributed by atoms with E-state index in [0.717, 1.165) is 30.2 Å². The average molecular weight is 442 g/mol. The van der Waals surface area contributed by atoms with Crippen molar-refractivity contribution in [1.82, 2.24) is 15.6 Å². The second kappa shape index (κ2) is 10.9. The molecular formula is C23H31N5O2S. The molecule has 1 aliphatic heterocycles. The predicted molar refractivity (Wildman–Crippen MR) is 127 cm³/mol. The summed E-state index contributed by atoms with van der Waals surface area (Å²) < 4.78 is 5.12. The van der Waals surface area contributed by atoms with Gasteiger partial charge in [-0.1, -0.05) is 24.3 Å². The summed E-state index contributed by atoms with van der Waals surface area (Å²) in [5.74, 6) is 0.401. The lowest BCUT2D eigenvalue weighted by atomic mass is 10.2. The van der Waals surface area contributed by atoms with E-state index in [1.54, 1.807) is 6.92 Å². The van der Waals surface area contributed by atoms with E-state index in [9.17, 15) is 4.79 Å². The zero-order valence-corrected chi connectivity index (χ0v) is 19.5. The molecular weight excluding hydrogens is 410 g/mol. The number of aromatic nitrogens is 1. The third-order valence-electron chi connectivity index (χ3n) is 4.88. The normalized spacial score (nSPS) is 14.6. The molecule has 2 N–H and O–H groups in total. The molecule has 1 aromatic heterocycles. The van der Waals surface area contributed by atoms with Gasteiger partial charge in [-0.15, -0.1) is 11.3 Å².